The van der Waals surface area contributed by atoms with E-state index in [4.69, 9.17) is 27.4 Å². The molecule has 0 amide bonds. The van der Waals surface area contributed by atoms with Crippen LogP contribution in [0.5, 0.6) is 5.75 Å². The van der Waals surface area contributed by atoms with Crippen molar-refractivity contribution in [3.63, 3.8) is 0 Å². The number of phenolic OH excluding ortho intramolecular Hbond substituents is 1. The molecule has 0 aliphatic carbocycles. The Morgan fingerprint density at radius 2 is 1.61 bits per heavy atom. The second kappa shape index (κ2) is 13.5. The first-order valence-electron chi connectivity index (χ1n) is 16.5. The molecule has 3 aromatic heterocycles. The number of nitrogens with two attached hydrogens (primary N) is 1. The highest BCUT2D eigenvalue weighted by atomic mass is 35.5. The van der Waals surface area contributed by atoms with Gasteiger partial charge in [0.25, 0.3) is 5.56 Å². The summed E-state index contributed by atoms with van der Waals surface area (Å²) in [6.45, 7) is 13.9. The van der Waals surface area contributed by atoms with E-state index >= 15 is 0 Å². The first-order chi connectivity index (χ1) is 23.4. The van der Waals surface area contributed by atoms with Gasteiger partial charge in [0.1, 0.15) is 44.0 Å². The molecule has 11 heteroatoms. The van der Waals surface area contributed by atoms with Crippen molar-refractivity contribution in [3.05, 3.63) is 105 Å². The molecule has 0 saturated heterocycles. The molecule has 0 spiro atoms. The van der Waals surface area contributed by atoms with Crippen molar-refractivity contribution in [3.8, 4) is 28.5 Å². The first kappa shape index (κ1) is 33.9. The minimum absolute atomic E-state index is 0.0920. The van der Waals surface area contributed by atoms with E-state index in [9.17, 15) is 9.90 Å². The minimum Gasteiger partial charge on any atom is -0.508 e. The van der Waals surface area contributed by atoms with Crippen molar-refractivity contribution in [2.45, 2.75) is 71.3 Å². The third kappa shape index (κ3) is 6.20. The normalized spacial score (nSPS) is 12.0. The zero-order valence-electron chi connectivity index (χ0n) is 28.6. The molecule has 3 N–H and O–H groups in total. The summed E-state index contributed by atoms with van der Waals surface area (Å²) in [4.78, 5) is 28.5. The van der Waals surface area contributed by atoms with E-state index in [0.29, 0.717) is 66.2 Å². The van der Waals surface area contributed by atoms with Crippen molar-refractivity contribution < 1.29 is 5.11 Å². The van der Waals surface area contributed by atoms with Crippen LogP contribution < -0.4 is 11.3 Å². The zero-order chi connectivity index (χ0) is 35.0. The Bertz CT molecular complexity index is 2300. The molecule has 0 atom stereocenters. The largest absolute Gasteiger partial charge is 0.508 e. The van der Waals surface area contributed by atoms with Crippen LogP contribution in [0.15, 0.2) is 77.9 Å². The number of anilines is 1. The highest BCUT2D eigenvalue weighted by Gasteiger charge is 2.41. The summed E-state index contributed by atoms with van der Waals surface area (Å²) in [6.07, 6.45) is 1.38. The van der Waals surface area contributed by atoms with E-state index in [1.807, 2.05) is 48.5 Å². The Hall–Kier alpha value is -4.98. The highest BCUT2D eigenvalue weighted by molar-refractivity contribution is 6.90. The minimum atomic E-state index is -2.08. The number of hydrogen-bond acceptors (Lipinski definition) is 7. The van der Waals surface area contributed by atoms with E-state index in [-0.39, 0.29) is 30.2 Å². The van der Waals surface area contributed by atoms with E-state index in [1.165, 1.54) is 6.33 Å². The molecule has 3 aromatic carbocycles. The van der Waals surface area contributed by atoms with Gasteiger partial charge in [-0.15, -0.1) is 5.54 Å². The van der Waals surface area contributed by atoms with Crippen LogP contribution in [-0.2, 0) is 13.1 Å². The van der Waals surface area contributed by atoms with Crippen LogP contribution in [0.2, 0.25) is 21.6 Å². The molecular formula is C38H40ClN7O2Si. The predicted molar refractivity (Wildman–Crippen MR) is 200 cm³/mol. The van der Waals surface area contributed by atoms with Crippen LogP contribution in [-0.4, -0.2) is 42.5 Å². The summed E-state index contributed by atoms with van der Waals surface area (Å²) in [6, 6.07) is 19.9. The van der Waals surface area contributed by atoms with Crippen LogP contribution in [0.1, 0.15) is 58.5 Å². The number of nitrogens with zero attached hydrogens (tertiary/aromatic N) is 6. The van der Waals surface area contributed by atoms with Gasteiger partial charge in [-0.1, -0.05) is 95.5 Å². The number of benzene rings is 3. The molecule has 0 fully saturated rings. The number of aromatic hydroxyl groups is 1. The van der Waals surface area contributed by atoms with Crippen molar-refractivity contribution >= 4 is 47.4 Å². The lowest BCUT2D eigenvalue weighted by Crippen LogP contribution is -2.43. The molecule has 0 radical (unpaired) electrons. The highest BCUT2D eigenvalue weighted by Crippen LogP contribution is 2.41. The fourth-order valence-electron chi connectivity index (χ4n) is 7.23. The van der Waals surface area contributed by atoms with Crippen molar-refractivity contribution in [2.75, 3.05) is 5.73 Å². The van der Waals surface area contributed by atoms with Gasteiger partial charge in [-0.25, -0.2) is 19.6 Å². The number of phenols is 1. The van der Waals surface area contributed by atoms with Gasteiger partial charge in [-0.2, -0.15) is 5.10 Å². The van der Waals surface area contributed by atoms with E-state index < -0.39 is 8.07 Å². The van der Waals surface area contributed by atoms with Crippen LogP contribution in [0.4, 0.5) is 5.82 Å². The Kier molecular flexibility index (Phi) is 9.34. The number of halogens is 1. The standard InChI is InChI=1S/C38H40ClN7O2Si/c1-23(2)49(24(3)4,25(5)6)18-17-26-12-10-16-31-33(26)38(48)45(20-28-11-7-8-15-30(28)39)32(43-31)21-46-37-34(36(40)41-22-42-37)35(44-46)27-13-9-14-29(47)19-27/h7-16,19,22-25,47H,20-21H2,1-6H3,(H2,40,41,42). The lowest BCUT2D eigenvalue weighted by atomic mass is 10.1. The van der Waals surface area contributed by atoms with Gasteiger partial charge in [0.05, 0.1) is 22.8 Å². The lowest BCUT2D eigenvalue weighted by molar-refractivity contribution is 0.475. The van der Waals surface area contributed by atoms with Gasteiger partial charge in [0.15, 0.2) is 5.65 Å². The van der Waals surface area contributed by atoms with E-state index in [0.717, 1.165) is 5.56 Å². The third-order valence-electron chi connectivity index (χ3n) is 9.60. The van der Waals surface area contributed by atoms with Gasteiger partial charge in [0, 0.05) is 16.1 Å². The number of nitrogen functional groups attached to an aromatic ring is 1. The van der Waals surface area contributed by atoms with E-state index in [2.05, 4.69) is 63.0 Å². The van der Waals surface area contributed by atoms with Gasteiger partial charge in [0.2, 0.25) is 0 Å². The molecule has 250 valence electrons. The summed E-state index contributed by atoms with van der Waals surface area (Å²) < 4.78 is 3.32. The van der Waals surface area contributed by atoms with Crippen LogP contribution >= 0.6 is 11.6 Å². The van der Waals surface area contributed by atoms with Gasteiger partial charge in [-0.3, -0.25) is 9.36 Å². The van der Waals surface area contributed by atoms with Crippen LogP contribution in [0.25, 0.3) is 33.2 Å². The smallest absolute Gasteiger partial charge is 0.263 e. The second-order valence-corrected chi connectivity index (χ2v) is 19.4. The monoisotopic (exact) mass is 689 g/mol. The summed E-state index contributed by atoms with van der Waals surface area (Å²) in [7, 11) is -2.08. The molecule has 0 aliphatic rings. The predicted octanol–water partition coefficient (Wildman–Crippen LogP) is 7.81. The molecule has 0 unspecified atom stereocenters. The molecule has 3 heterocycles. The fourth-order valence-corrected chi connectivity index (χ4v) is 12.6. The summed E-state index contributed by atoms with van der Waals surface area (Å²) in [5.74, 6) is 4.31. The average Bonchev–Trinajstić information content (AvgIpc) is 3.43. The Morgan fingerprint density at radius 3 is 2.31 bits per heavy atom. The molecule has 6 rings (SSSR count). The topological polar surface area (TPSA) is 125 Å². The maximum Gasteiger partial charge on any atom is 0.263 e. The average molecular weight is 690 g/mol. The fraction of sp³-hybridized carbons (Fsp3) is 0.289. The molecule has 0 aliphatic heterocycles. The van der Waals surface area contributed by atoms with Crippen molar-refractivity contribution in [1.29, 1.82) is 0 Å². The van der Waals surface area contributed by atoms with Crippen LogP contribution in [0.3, 0.4) is 0 Å². The molecule has 0 bridgehead atoms. The summed E-state index contributed by atoms with van der Waals surface area (Å²) >= 11 is 6.63. The SMILES string of the molecule is CC(C)[Si](C#Cc1cccc2nc(Cn3nc(-c4cccc(O)c4)c4c(N)ncnc43)n(Cc3ccccc3Cl)c(=O)c12)(C(C)C)C(C)C. The Morgan fingerprint density at radius 1 is 0.898 bits per heavy atom. The van der Waals surface area contributed by atoms with Crippen molar-refractivity contribution in [2.24, 2.45) is 0 Å². The lowest BCUT2D eigenvalue weighted by Gasteiger charge is -2.38. The zero-order valence-corrected chi connectivity index (χ0v) is 30.3. The summed E-state index contributed by atoms with van der Waals surface area (Å²) in [5, 5.41) is 16.7. The van der Waals surface area contributed by atoms with Crippen molar-refractivity contribution in [1.82, 2.24) is 29.3 Å². The maximum absolute atomic E-state index is 14.7. The first-order valence-corrected chi connectivity index (χ1v) is 19.1. The summed E-state index contributed by atoms with van der Waals surface area (Å²) in [5.41, 5.74) is 14.9. The Labute approximate surface area is 291 Å². The molecule has 6 aromatic rings. The molecule has 0 saturated carbocycles. The van der Waals surface area contributed by atoms with Crippen LogP contribution in [0, 0.1) is 11.5 Å². The Balaban J connectivity index is 1.58. The number of fused-ring (bicyclic) bond motifs is 2. The van der Waals surface area contributed by atoms with Gasteiger partial charge in [-0.05, 0) is 52.5 Å². The van der Waals surface area contributed by atoms with Gasteiger partial charge < -0.3 is 10.8 Å². The number of hydrogen-bond donors (Lipinski definition) is 2. The number of rotatable bonds is 8. The third-order valence-corrected chi connectivity index (χ3v) is 16.3. The maximum atomic E-state index is 14.7. The number of aromatic nitrogens is 6. The van der Waals surface area contributed by atoms with E-state index in [1.54, 1.807) is 27.4 Å². The molecule has 49 heavy (non-hydrogen) atoms. The molecule has 9 nitrogen and oxygen atoms in total. The van der Waals surface area contributed by atoms with Gasteiger partial charge >= 0.3 is 0 Å². The quantitative estimate of drug-likeness (QED) is 0.123. The molecular weight excluding hydrogens is 650 g/mol. The second-order valence-electron chi connectivity index (χ2n) is 13.4.